The average Bonchev–Trinajstić information content (AvgIpc) is 2.92. The molecule has 1 N–H and O–H groups in total. The van der Waals surface area contributed by atoms with Gasteiger partial charge in [-0.2, -0.15) is 13.2 Å². The summed E-state index contributed by atoms with van der Waals surface area (Å²) in [5.74, 6) is 0.236. The van der Waals surface area contributed by atoms with Crippen LogP contribution in [0, 0.1) is 0 Å². The molecule has 1 heterocycles. The second-order valence-corrected chi connectivity index (χ2v) is 6.72. The molecule has 0 radical (unpaired) electrons. The first kappa shape index (κ1) is 17.8. The zero-order valence-corrected chi connectivity index (χ0v) is 13.7. The van der Waals surface area contributed by atoms with Gasteiger partial charge >= 0.3 is 6.18 Å². The molecule has 8 heteroatoms. The molecule has 0 saturated heterocycles. The van der Waals surface area contributed by atoms with Crippen molar-refractivity contribution in [1.29, 1.82) is 0 Å². The number of alkyl halides is 5. The maximum atomic E-state index is 12.9. The molecule has 0 amide bonds. The Morgan fingerprint density at radius 2 is 1.92 bits per heavy atom. The molecule has 134 valence electrons. The third-order valence-corrected chi connectivity index (χ3v) is 4.99. The molecular weight excluding hydrogens is 361 g/mol. The smallest absolute Gasteiger partial charge is 0.416 e. The number of allylic oxidation sites excluding steroid dienone is 2. The number of hydrogen-bond acceptors (Lipinski definition) is 3. The molecule has 0 spiro atoms. The number of aliphatic hydroxyl groups excluding tert-OH is 1. The van der Waals surface area contributed by atoms with Crippen LogP contribution in [0.25, 0.3) is 10.6 Å². The first-order chi connectivity index (χ1) is 11.7. The molecule has 0 atom stereocenters. The Labute approximate surface area is 144 Å². The van der Waals surface area contributed by atoms with Gasteiger partial charge in [-0.25, -0.2) is 13.8 Å². The van der Waals surface area contributed by atoms with Crippen LogP contribution in [0.15, 0.2) is 34.9 Å². The van der Waals surface area contributed by atoms with Gasteiger partial charge in [-0.05, 0) is 43.0 Å². The largest absolute Gasteiger partial charge is 0.512 e. The highest BCUT2D eigenvalue weighted by Crippen LogP contribution is 2.37. The molecule has 0 aliphatic heterocycles. The topological polar surface area (TPSA) is 33.1 Å². The number of aliphatic hydroxyl groups is 1. The van der Waals surface area contributed by atoms with Crippen LogP contribution >= 0.6 is 11.3 Å². The van der Waals surface area contributed by atoms with Crippen molar-refractivity contribution in [3.05, 3.63) is 51.7 Å². The maximum absolute atomic E-state index is 12.9. The maximum Gasteiger partial charge on any atom is 0.416 e. The van der Waals surface area contributed by atoms with E-state index in [1.165, 1.54) is 0 Å². The Hall–Kier alpha value is -1.96. The molecule has 1 saturated carbocycles. The van der Waals surface area contributed by atoms with Gasteiger partial charge in [-0.1, -0.05) is 0 Å². The third kappa shape index (κ3) is 4.00. The second kappa shape index (κ2) is 6.74. The molecule has 1 aromatic heterocycles. The minimum atomic E-state index is -4.72. The van der Waals surface area contributed by atoms with E-state index >= 15 is 0 Å². The van der Waals surface area contributed by atoms with Crippen LogP contribution in [0.3, 0.4) is 0 Å². The summed E-state index contributed by atoms with van der Waals surface area (Å²) in [5, 5.41) is 11.8. The van der Waals surface area contributed by atoms with E-state index in [2.05, 4.69) is 4.98 Å². The number of halogens is 5. The Morgan fingerprint density at radius 1 is 1.20 bits per heavy atom. The molecular formula is C17H14F5NOS. The minimum Gasteiger partial charge on any atom is -0.512 e. The third-order valence-electron chi connectivity index (χ3n) is 4.05. The first-order valence-electron chi connectivity index (χ1n) is 7.59. The monoisotopic (exact) mass is 375 g/mol. The molecule has 2 aromatic rings. The van der Waals surface area contributed by atoms with E-state index in [0.717, 1.165) is 48.3 Å². The summed E-state index contributed by atoms with van der Waals surface area (Å²) in [4.78, 5) is 4.20. The number of hydrogen-bond donors (Lipinski definition) is 1. The summed E-state index contributed by atoms with van der Waals surface area (Å²) in [5.41, 5.74) is -0.351. The van der Waals surface area contributed by atoms with Crippen molar-refractivity contribution >= 4 is 11.3 Å². The lowest BCUT2D eigenvalue weighted by Gasteiger charge is -2.17. The van der Waals surface area contributed by atoms with E-state index in [4.69, 9.17) is 0 Å². The lowest BCUT2D eigenvalue weighted by molar-refractivity contribution is -0.137. The van der Waals surface area contributed by atoms with E-state index in [9.17, 15) is 27.1 Å². The average molecular weight is 375 g/mol. The van der Waals surface area contributed by atoms with Gasteiger partial charge in [0.2, 0.25) is 0 Å². The van der Waals surface area contributed by atoms with Crippen molar-refractivity contribution in [2.45, 2.75) is 38.3 Å². The van der Waals surface area contributed by atoms with Crippen LogP contribution in [-0.2, 0) is 12.6 Å². The lowest BCUT2D eigenvalue weighted by Crippen LogP contribution is -2.06. The van der Waals surface area contributed by atoms with E-state index in [-0.39, 0.29) is 22.8 Å². The number of nitrogens with zero attached hydrogens (tertiary/aromatic N) is 1. The van der Waals surface area contributed by atoms with E-state index < -0.39 is 23.7 Å². The van der Waals surface area contributed by atoms with Crippen molar-refractivity contribution in [2.24, 2.45) is 0 Å². The Kier molecular flexibility index (Phi) is 4.81. The molecule has 25 heavy (non-hydrogen) atoms. The van der Waals surface area contributed by atoms with Crippen LogP contribution in [0.5, 0.6) is 0 Å². The predicted octanol–water partition coefficient (Wildman–Crippen LogP) is 6.31. The van der Waals surface area contributed by atoms with Crippen LogP contribution < -0.4 is 0 Å². The van der Waals surface area contributed by atoms with E-state index in [1.807, 2.05) is 0 Å². The van der Waals surface area contributed by atoms with Crippen LogP contribution in [0.4, 0.5) is 22.0 Å². The van der Waals surface area contributed by atoms with Gasteiger partial charge in [0.1, 0.15) is 5.01 Å². The molecule has 0 unspecified atom stereocenters. The lowest BCUT2D eigenvalue weighted by atomic mass is 9.90. The number of benzene rings is 1. The molecule has 2 nitrogen and oxygen atoms in total. The molecule has 1 aliphatic rings. The Balaban J connectivity index is 1.92. The summed E-state index contributed by atoms with van der Waals surface area (Å²) < 4.78 is 64.7. The first-order valence-corrected chi connectivity index (χ1v) is 8.47. The number of thiazole rings is 1. The zero-order chi connectivity index (χ0) is 18.2. The van der Waals surface area contributed by atoms with Gasteiger partial charge in [-0.15, -0.1) is 11.3 Å². The highest BCUT2D eigenvalue weighted by molar-refractivity contribution is 7.13. The van der Waals surface area contributed by atoms with Crippen LogP contribution in [0.2, 0.25) is 0 Å². The quantitative estimate of drug-likeness (QED) is 0.502. The van der Waals surface area contributed by atoms with Crippen LogP contribution in [0.1, 0.15) is 42.5 Å². The SMILES string of the molecule is OC(Cc1csc(-c2cc(C(F)F)cc(C(F)(F)F)c2)n1)=C1CCC1. The van der Waals surface area contributed by atoms with Gasteiger partial charge in [0, 0.05) is 22.9 Å². The van der Waals surface area contributed by atoms with Gasteiger partial charge in [0.15, 0.2) is 0 Å². The fourth-order valence-electron chi connectivity index (χ4n) is 2.52. The van der Waals surface area contributed by atoms with Crippen molar-refractivity contribution in [3.63, 3.8) is 0 Å². The minimum absolute atomic E-state index is 0.00263. The van der Waals surface area contributed by atoms with Crippen molar-refractivity contribution in [3.8, 4) is 10.6 Å². The molecule has 0 bridgehead atoms. The fraction of sp³-hybridized carbons (Fsp3) is 0.353. The summed E-state index contributed by atoms with van der Waals surface area (Å²) in [6.45, 7) is 0. The molecule has 1 aliphatic carbocycles. The normalized spacial score (nSPS) is 14.7. The van der Waals surface area contributed by atoms with Crippen LogP contribution in [-0.4, -0.2) is 10.1 Å². The highest BCUT2D eigenvalue weighted by atomic mass is 32.1. The van der Waals surface area contributed by atoms with E-state index in [1.54, 1.807) is 5.38 Å². The Bertz CT molecular complexity index is 804. The van der Waals surface area contributed by atoms with Gasteiger partial charge < -0.3 is 5.11 Å². The molecule has 1 aromatic carbocycles. The summed E-state index contributed by atoms with van der Waals surface area (Å²) >= 11 is 1.06. The van der Waals surface area contributed by atoms with E-state index in [0.29, 0.717) is 11.8 Å². The van der Waals surface area contributed by atoms with Gasteiger partial charge in [0.05, 0.1) is 17.0 Å². The summed E-state index contributed by atoms with van der Waals surface area (Å²) in [7, 11) is 0. The molecule has 3 rings (SSSR count). The Morgan fingerprint density at radius 3 is 2.48 bits per heavy atom. The summed E-state index contributed by atoms with van der Waals surface area (Å²) in [6.07, 6.45) is -4.81. The number of aromatic nitrogens is 1. The van der Waals surface area contributed by atoms with Gasteiger partial charge in [0.25, 0.3) is 6.43 Å². The van der Waals surface area contributed by atoms with Crippen molar-refractivity contribution in [2.75, 3.05) is 0 Å². The predicted molar refractivity (Wildman–Crippen MR) is 84.7 cm³/mol. The van der Waals surface area contributed by atoms with Crippen molar-refractivity contribution in [1.82, 2.24) is 4.98 Å². The fourth-order valence-corrected chi connectivity index (χ4v) is 3.33. The van der Waals surface area contributed by atoms with Crippen molar-refractivity contribution < 1.29 is 27.1 Å². The molecule has 1 fully saturated rings. The summed E-state index contributed by atoms with van der Waals surface area (Å²) in [6, 6.07) is 2.29. The second-order valence-electron chi connectivity index (χ2n) is 5.87. The standard InChI is InChI=1S/C17H14F5NOS/c18-15(19)10-4-11(6-12(5-10)17(20,21)22)16-23-13(8-25-16)7-14(24)9-2-1-3-9/h4-6,8,15,24H,1-3,7H2. The highest BCUT2D eigenvalue weighted by Gasteiger charge is 2.32. The van der Waals surface area contributed by atoms with Gasteiger partial charge in [-0.3, -0.25) is 0 Å². The number of rotatable bonds is 4. The zero-order valence-electron chi connectivity index (χ0n) is 12.9.